The van der Waals surface area contributed by atoms with E-state index in [0.29, 0.717) is 29.1 Å². The molecular formula is C23H25N3O4. The fourth-order valence-electron chi connectivity index (χ4n) is 3.04. The first kappa shape index (κ1) is 21.1. The van der Waals surface area contributed by atoms with E-state index in [-0.39, 0.29) is 22.9 Å². The van der Waals surface area contributed by atoms with Crippen molar-refractivity contribution in [3.8, 4) is 17.2 Å². The predicted molar refractivity (Wildman–Crippen MR) is 117 cm³/mol. The third-order valence-corrected chi connectivity index (χ3v) is 4.70. The van der Waals surface area contributed by atoms with Crippen molar-refractivity contribution < 1.29 is 19.4 Å². The van der Waals surface area contributed by atoms with Gasteiger partial charge in [0.15, 0.2) is 5.75 Å². The van der Waals surface area contributed by atoms with Crippen LogP contribution in [0.2, 0.25) is 0 Å². The Morgan fingerprint density at radius 1 is 1.07 bits per heavy atom. The van der Waals surface area contributed by atoms with E-state index in [9.17, 15) is 9.90 Å². The number of phenols is 1. The summed E-state index contributed by atoms with van der Waals surface area (Å²) >= 11 is 0. The molecular weight excluding hydrogens is 382 g/mol. The molecule has 2 N–H and O–H groups in total. The number of phenolic OH excluding ortho intramolecular Hbond substituents is 1. The minimum absolute atomic E-state index is 0.163. The van der Waals surface area contributed by atoms with Crippen LogP contribution in [0.3, 0.4) is 0 Å². The topological polar surface area (TPSA) is 92.5 Å². The lowest BCUT2D eigenvalue weighted by molar-refractivity contribution is 0.0950. The van der Waals surface area contributed by atoms with Gasteiger partial charge in [0.05, 0.1) is 19.8 Å². The van der Waals surface area contributed by atoms with Gasteiger partial charge < -0.3 is 19.9 Å². The largest absolute Gasteiger partial charge is 0.505 e. The van der Waals surface area contributed by atoms with Crippen LogP contribution in [0.4, 0.5) is 11.4 Å². The van der Waals surface area contributed by atoms with Gasteiger partial charge in [0, 0.05) is 18.0 Å². The molecule has 0 fully saturated rings. The van der Waals surface area contributed by atoms with Crippen molar-refractivity contribution in [2.24, 2.45) is 10.2 Å². The number of rotatable bonds is 8. The van der Waals surface area contributed by atoms with Gasteiger partial charge in [-0.05, 0) is 30.0 Å². The van der Waals surface area contributed by atoms with Gasteiger partial charge >= 0.3 is 0 Å². The molecule has 156 valence electrons. The number of carbonyl (C=O) groups excluding carboxylic acids is 1. The Labute approximate surface area is 175 Å². The number of benzene rings is 3. The molecule has 0 unspecified atom stereocenters. The van der Waals surface area contributed by atoms with E-state index < -0.39 is 0 Å². The zero-order valence-corrected chi connectivity index (χ0v) is 17.3. The average molecular weight is 407 g/mol. The van der Waals surface area contributed by atoms with Crippen LogP contribution in [0.15, 0.2) is 58.8 Å². The van der Waals surface area contributed by atoms with Crippen LogP contribution in [0, 0.1) is 0 Å². The van der Waals surface area contributed by atoms with Gasteiger partial charge in [0.1, 0.15) is 22.9 Å². The third-order valence-electron chi connectivity index (χ3n) is 4.70. The molecule has 3 rings (SSSR count). The monoisotopic (exact) mass is 407 g/mol. The third kappa shape index (κ3) is 4.51. The summed E-state index contributed by atoms with van der Waals surface area (Å²) in [4.78, 5) is 12.6. The van der Waals surface area contributed by atoms with Crippen molar-refractivity contribution in [1.82, 2.24) is 5.32 Å². The Morgan fingerprint density at radius 3 is 2.60 bits per heavy atom. The molecule has 3 aromatic rings. The average Bonchev–Trinajstić information content (AvgIpc) is 2.78. The number of unbranched alkanes of at least 4 members (excludes halogenated alkanes) is 1. The molecule has 0 aliphatic rings. The van der Waals surface area contributed by atoms with E-state index >= 15 is 0 Å². The van der Waals surface area contributed by atoms with Crippen LogP contribution in [-0.4, -0.2) is 31.8 Å². The SMILES string of the molecule is CCCCNC(=O)c1cc2ccccc2c(N=Nc2cc(OC)ccc2OC)c1O. The maximum atomic E-state index is 12.6. The highest BCUT2D eigenvalue weighted by atomic mass is 16.5. The first-order valence-electron chi connectivity index (χ1n) is 9.75. The standard InChI is InChI=1S/C23H25N3O4/c1-4-5-12-24-23(28)18-13-15-8-6-7-9-17(15)21(22(18)27)26-25-19-14-16(29-2)10-11-20(19)30-3/h6-11,13-14,27H,4-5,12H2,1-3H3,(H,24,28). The van der Waals surface area contributed by atoms with Gasteiger partial charge in [0.2, 0.25) is 0 Å². The Kier molecular flexibility index (Phi) is 6.85. The Balaban J connectivity index is 2.08. The number of azo groups is 1. The molecule has 0 spiro atoms. The summed E-state index contributed by atoms with van der Waals surface area (Å²) < 4.78 is 10.6. The lowest BCUT2D eigenvalue weighted by atomic mass is 10.0. The zero-order chi connectivity index (χ0) is 21.5. The number of fused-ring (bicyclic) bond motifs is 1. The molecule has 7 nitrogen and oxygen atoms in total. The molecule has 0 bridgehead atoms. The maximum absolute atomic E-state index is 12.6. The van der Waals surface area contributed by atoms with Crippen LogP contribution in [0.5, 0.6) is 17.2 Å². The number of aromatic hydroxyl groups is 1. The van der Waals surface area contributed by atoms with Crippen LogP contribution in [-0.2, 0) is 0 Å². The van der Waals surface area contributed by atoms with Crippen LogP contribution in [0.1, 0.15) is 30.1 Å². The van der Waals surface area contributed by atoms with Gasteiger partial charge in [-0.1, -0.05) is 37.6 Å². The number of amides is 1. The molecule has 30 heavy (non-hydrogen) atoms. The molecule has 0 aliphatic heterocycles. The fourth-order valence-corrected chi connectivity index (χ4v) is 3.04. The lowest BCUT2D eigenvalue weighted by Gasteiger charge is -2.11. The van der Waals surface area contributed by atoms with Gasteiger partial charge in [0.25, 0.3) is 5.91 Å². The number of ether oxygens (including phenoxy) is 2. The van der Waals surface area contributed by atoms with Crippen molar-refractivity contribution in [1.29, 1.82) is 0 Å². The van der Waals surface area contributed by atoms with Crippen molar-refractivity contribution in [3.05, 3.63) is 54.1 Å². The van der Waals surface area contributed by atoms with Gasteiger partial charge in [-0.15, -0.1) is 10.2 Å². The highest BCUT2D eigenvalue weighted by molar-refractivity contribution is 6.06. The smallest absolute Gasteiger partial charge is 0.255 e. The molecule has 0 heterocycles. The highest BCUT2D eigenvalue weighted by Crippen LogP contribution is 2.40. The fraction of sp³-hybridized carbons (Fsp3) is 0.261. The number of hydrogen-bond donors (Lipinski definition) is 2. The van der Waals surface area contributed by atoms with Gasteiger partial charge in [-0.3, -0.25) is 4.79 Å². The zero-order valence-electron chi connectivity index (χ0n) is 17.3. The minimum atomic E-state index is -0.345. The summed E-state index contributed by atoms with van der Waals surface area (Å²) in [6.45, 7) is 2.59. The van der Waals surface area contributed by atoms with Crippen LogP contribution in [0.25, 0.3) is 10.8 Å². The number of nitrogens with zero attached hydrogens (tertiary/aromatic N) is 2. The minimum Gasteiger partial charge on any atom is -0.505 e. The summed E-state index contributed by atoms with van der Waals surface area (Å²) in [7, 11) is 3.09. The van der Waals surface area contributed by atoms with Crippen molar-refractivity contribution in [2.45, 2.75) is 19.8 Å². The molecule has 0 radical (unpaired) electrons. The molecule has 1 amide bonds. The van der Waals surface area contributed by atoms with E-state index in [4.69, 9.17) is 9.47 Å². The molecule has 0 aromatic heterocycles. The number of nitrogens with one attached hydrogen (secondary N) is 1. The number of carbonyl (C=O) groups is 1. The van der Waals surface area contributed by atoms with E-state index in [0.717, 1.165) is 18.2 Å². The first-order valence-corrected chi connectivity index (χ1v) is 9.75. The first-order chi connectivity index (χ1) is 14.6. The highest BCUT2D eigenvalue weighted by Gasteiger charge is 2.18. The summed E-state index contributed by atoms with van der Waals surface area (Å²) in [5.74, 6) is 0.551. The second-order valence-electron chi connectivity index (χ2n) is 6.69. The number of methoxy groups -OCH3 is 2. The second-order valence-corrected chi connectivity index (χ2v) is 6.69. The van der Waals surface area contributed by atoms with Crippen molar-refractivity contribution >= 4 is 28.1 Å². The molecule has 0 aliphatic carbocycles. The normalized spacial score (nSPS) is 11.0. The molecule has 7 heteroatoms. The molecule has 0 saturated carbocycles. The Morgan fingerprint density at radius 2 is 1.87 bits per heavy atom. The predicted octanol–water partition coefficient (Wildman–Crippen LogP) is 5.51. The van der Waals surface area contributed by atoms with E-state index in [1.54, 1.807) is 31.4 Å². The van der Waals surface area contributed by atoms with Crippen LogP contribution >= 0.6 is 0 Å². The molecule has 3 aromatic carbocycles. The lowest BCUT2D eigenvalue weighted by Crippen LogP contribution is -2.24. The van der Waals surface area contributed by atoms with Crippen molar-refractivity contribution in [2.75, 3.05) is 20.8 Å². The quantitative estimate of drug-likeness (QED) is 0.380. The van der Waals surface area contributed by atoms with E-state index in [2.05, 4.69) is 15.5 Å². The maximum Gasteiger partial charge on any atom is 0.255 e. The van der Waals surface area contributed by atoms with E-state index in [1.807, 2.05) is 31.2 Å². The summed E-state index contributed by atoms with van der Waals surface area (Å²) in [6, 6.07) is 14.2. The second kappa shape index (κ2) is 9.73. The number of hydrogen-bond acceptors (Lipinski definition) is 6. The molecule has 0 saturated heterocycles. The molecule has 0 atom stereocenters. The van der Waals surface area contributed by atoms with Crippen molar-refractivity contribution in [3.63, 3.8) is 0 Å². The van der Waals surface area contributed by atoms with Crippen LogP contribution < -0.4 is 14.8 Å². The van der Waals surface area contributed by atoms with E-state index in [1.165, 1.54) is 7.11 Å². The summed E-state index contributed by atoms with van der Waals surface area (Å²) in [5.41, 5.74) is 0.827. The Hall–Kier alpha value is -3.61. The Bertz CT molecular complexity index is 1080. The van der Waals surface area contributed by atoms with Gasteiger partial charge in [-0.2, -0.15) is 0 Å². The summed E-state index contributed by atoms with van der Waals surface area (Å²) in [5, 5.41) is 23.7. The van der Waals surface area contributed by atoms with Gasteiger partial charge in [-0.25, -0.2) is 0 Å². The summed E-state index contributed by atoms with van der Waals surface area (Å²) in [6.07, 6.45) is 1.83.